The largest absolute Gasteiger partial charge is 0.392 e. The first-order valence-corrected chi connectivity index (χ1v) is 10.4. The number of hydrogen-bond acceptors (Lipinski definition) is 5. The van der Waals surface area contributed by atoms with Crippen LogP contribution in [0.3, 0.4) is 0 Å². The zero-order valence-electron chi connectivity index (χ0n) is 14.1. The Hall–Kier alpha value is -0.710. The van der Waals surface area contributed by atoms with Gasteiger partial charge in [0.25, 0.3) is 10.0 Å². The summed E-state index contributed by atoms with van der Waals surface area (Å²) in [7, 11) is -3.83. The zero-order valence-corrected chi connectivity index (χ0v) is 15.7. The van der Waals surface area contributed by atoms with E-state index in [4.69, 9.17) is 4.74 Å². The molecular weight excluding hydrogens is 377 g/mol. The third-order valence-corrected chi connectivity index (χ3v) is 8.72. The van der Waals surface area contributed by atoms with Crippen LogP contribution < -0.4 is 0 Å². The van der Waals surface area contributed by atoms with Crippen molar-refractivity contribution in [2.75, 3.05) is 26.3 Å². The van der Waals surface area contributed by atoms with Crippen LogP contribution in [0.5, 0.6) is 0 Å². The third-order valence-electron chi connectivity index (χ3n) is 5.22. The third kappa shape index (κ3) is 3.45. The van der Waals surface area contributed by atoms with Crippen LogP contribution >= 0.6 is 11.3 Å². The number of rotatable bonds is 2. The highest BCUT2D eigenvalue weighted by molar-refractivity contribution is 7.91. The summed E-state index contributed by atoms with van der Waals surface area (Å²) in [5.41, 5.74) is -0.698. The molecule has 2 aliphatic heterocycles. The molecule has 0 bridgehead atoms. The second-order valence-electron chi connectivity index (χ2n) is 6.80. The Kier molecular flexibility index (Phi) is 4.93. The molecule has 10 heteroatoms. The highest BCUT2D eigenvalue weighted by Gasteiger charge is 2.57. The van der Waals surface area contributed by atoms with Crippen LogP contribution in [0.15, 0.2) is 4.21 Å². The molecular formula is C15H21F3N2O3S2. The fourth-order valence-corrected chi connectivity index (χ4v) is 7.16. The Labute approximate surface area is 149 Å². The summed E-state index contributed by atoms with van der Waals surface area (Å²) < 4.78 is 73.3. The molecule has 0 radical (unpaired) electrons. The summed E-state index contributed by atoms with van der Waals surface area (Å²) in [6.07, 6.45) is -4.09. The van der Waals surface area contributed by atoms with Gasteiger partial charge in [0.05, 0.1) is 16.6 Å². The van der Waals surface area contributed by atoms with Crippen molar-refractivity contribution in [2.45, 2.75) is 43.5 Å². The fraction of sp³-hybridized carbons (Fsp3) is 0.800. The standard InChI is InChI=1S/C15H21F3N2O3S2/c1-10-13(24-11(2)19-10)25(21,22)20-6-3-12(15(16,17)18)14(9-20)4-7-23-8-5-14/h12H,3-9H2,1-2H3. The maximum atomic E-state index is 13.6. The molecule has 25 heavy (non-hydrogen) atoms. The summed E-state index contributed by atoms with van der Waals surface area (Å²) in [6.45, 7) is 3.57. The van der Waals surface area contributed by atoms with E-state index >= 15 is 0 Å². The Bertz CT molecular complexity index is 740. The second kappa shape index (κ2) is 6.47. The van der Waals surface area contributed by atoms with Gasteiger partial charge in [-0.05, 0) is 33.1 Å². The monoisotopic (exact) mass is 398 g/mol. The molecule has 1 spiro atoms. The number of sulfonamides is 1. The summed E-state index contributed by atoms with van der Waals surface area (Å²) in [5.74, 6) is -1.49. The van der Waals surface area contributed by atoms with Crippen LogP contribution in [0.25, 0.3) is 0 Å². The lowest BCUT2D eigenvalue weighted by Gasteiger charge is -2.50. The number of hydrogen-bond donors (Lipinski definition) is 0. The molecule has 0 saturated carbocycles. The van der Waals surface area contributed by atoms with Crippen molar-refractivity contribution in [3.63, 3.8) is 0 Å². The number of piperidine rings is 1. The first-order chi connectivity index (χ1) is 11.6. The topological polar surface area (TPSA) is 59.5 Å². The van der Waals surface area contributed by atoms with E-state index in [0.717, 1.165) is 11.3 Å². The molecule has 0 N–H and O–H groups in total. The van der Waals surface area contributed by atoms with Gasteiger partial charge in [0.15, 0.2) is 4.21 Å². The number of halogens is 3. The van der Waals surface area contributed by atoms with Crippen LogP contribution in [-0.4, -0.2) is 50.2 Å². The van der Waals surface area contributed by atoms with E-state index in [-0.39, 0.29) is 49.8 Å². The summed E-state index contributed by atoms with van der Waals surface area (Å²) in [4.78, 5) is 4.14. The molecule has 2 aliphatic rings. The van der Waals surface area contributed by atoms with Crippen LogP contribution in [0.4, 0.5) is 13.2 Å². The average Bonchev–Trinajstić information content (AvgIpc) is 2.86. The minimum Gasteiger partial charge on any atom is -0.381 e. The number of thiazole rings is 1. The SMILES string of the molecule is Cc1nc(C)c(S(=O)(=O)N2CCC(C(F)(F)F)C3(CCOCC3)C2)s1. The van der Waals surface area contributed by atoms with Crippen molar-refractivity contribution in [3.8, 4) is 0 Å². The molecule has 1 aromatic heterocycles. The summed E-state index contributed by atoms with van der Waals surface area (Å²) >= 11 is 1.07. The Morgan fingerprint density at radius 1 is 1.28 bits per heavy atom. The molecule has 3 rings (SSSR count). The molecule has 5 nitrogen and oxygen atoms in total. The van der Waals surface area contributed by atoms with Crippen molar-refractivity contribution < 1.29 is 26.3 Å². The molecule has 142 valence electrons. The predicted molar refractivity (Wildman–Crippen MR) is 87.0 cm³/mol. The minimum atomic E-state index is -4.33. The van der Waals surface area contributed by atoms with E-state index in [0.29, 0.717) is 10.7 Å². The highest BCUT2D eigenvalue weighted by atomic mass is 32.2. The lowest BCUT2D eigenvalue weighted by Crippen LogP contribution is -2.56. The van der Waals surface area contributed by atoms with Crippen molar-refractivity contribution in [1.29, 1.82) is 0 Å². The van der Waals surface area contributed by atoms with Crippen molar-refractivity contribution in [1.82, 2.24) is 9.29 Å². The maximum Gasteiger partial charge on any atom is 0.392 e. The van der Waals surface area contributed by atoms with Gasteiger partial charge in [0.2, 0.25) is 0 Å². The highest BCUT2D eigenvalue weighted by Crippen LogP contribution is 2.51. The fourth-order valence-electron chi connectivity index (χ4n) is 3.99. The van der Waals surface area contributed by atoms with E-state index in [9.17, 15) is 21.6 Å². The van der Waals surface area contributed by atoms with Gasteiger partial charge in [-0.25, -0.2) is 13.4 Å². The van der Waals surface area contributed by atoms with E-state index in [2.05, 4.69) is 4.98 Å². The molecule has 0 aromatic carbocycles. The zero-order chi connectivity index (χ0) is 18.5. The van der Waals surface area contributed by atoms with Crippen LogP contribution in [-0.2, 0) is 14.8 Å². The predicted octanol–water partition coefficient (Wildman–Crippen LogP) is 3.13. The average molecular weight is 398 g/mol. The lowest BCUT2D eigenvalue weighted by molar-refractivity contribution is -0.231. The molecule has 1 unspecified atom stereocenters. The van der Waals surface area contributed by atoms with Crippen molar-refractivity contribution in [3.05, 3.63) is 10.7 Å². The minimum absolute atomic E-state index is 0.112. The number of ether oxygens (including phenoxy) is 1. The van der Waals surface area contributed by atoms with E-state index in [1.54, 1.807) is 13.8 Å². The molecule has 0 aliphatic carbocycles. The summed E-state index contributed by atoms with van der Waals surface area (Å²) in [6, 6.07) is 0. The Balaban J connectivity index is 1.94. The normalized spacial score (nSPS) is 25.4. The molecule has 2 fully saturated rings. The van der Waals surface area contributed by atoms with Crippen LogP contribution in [0.1, 0.15) is 30.0 Å². The quantitative estimate of drug-likeness (QED) is 0.768. The Morgan fingerprint density at radius 2 is 1.92 bits per heavy atom. The number of aryl methyl sites for hydroxylation is 2. The van der Waals surface area contributed by atoms with E-state index in [1.807, 2.05) is 0 Å². The van der Waals surface area contributed by atoms with Gasteiger partial charge in [-0.3, -0.25) is 0 Å². The second-order valence-corrected chi connectivity index (χ2v) is 10.1. The van der Waals surface area contributed by atoms with Crippen LogP contribution in [0.2, 0.25) is 0 Å². The molecule has 1 aromatic rings. The smallest absolute Gasteiger partial charge is 0.381 e. The van der Waals surface area contributed by atoms with Gasteiger partial charge < -0.3 is 4.74 Å². The number of aromatic nitrogens is 1. The molecule has 2 saturated heterocycles. The van der Waals surface area contributed by atoms with Crippen LogP contribution in [0, 0.1) is 25.2 Å². The maximum absolute atomic E-state index is 13.6. The molecule has 0 amide bonds. The van der Waals surface area contributed by atoms with Crippen molar-refractivity contribution >= 4 is 21.4 Å². The van der Waals surface area contributed by atoms with E-state index in [1.165, 1.54) is 4.31 Å². The Morgan fingerprint density at radius 3 is 2.44 bits per heavy atom. The van der Waals surface area contributed by atoms with Gasteiger partial charge in [0, 0.05) is 31.7 Å². The summed E-state index contributed by atoms with van der Waals surface area (Å²) in [5, 5.41) is 0.627. The van der Waals surface area contributed by atoms with Gasteiger partial charge >= 0.3 is 6.18 Å². The van der Waals surface area contributed by atoms with Gasteiger partial charge in [-0.1, -0.05) is 0 Å². The van der Waals surface area contributed by atoms with E-state index < -0.39 is 27.5 Å². The van der Waals surface area contributed by atoms with Gasteiger partial charge in [0.1, 0.15) is 0 Å². The number of alkyl halides is 3. The van der Waals surface area contributed by atoms with Gasteiger partial charge in [-0.15, -0.1) is 11.3 Å². The first kappa shape index (κ1) is 19.1. The van der Waals surface area contributed by atoms with Crippen molar-refractivity contribution in [2.24, 2.45) is 11.3 Å². The first-order valence-electron chi connectivity index (χ1n) is 8.15. The molecule has 3 heterocycles. The lowest BCUT2D eigenvalue weighted by atomic mass is 9.66. The van der Waals surface area contributed by atoms with Gasteiger partial charge in [-0.2, -0.15) is 17.5 Å². The number of nitrogens with zero attached hydrogens (tertiary/aromatic N) is 2. The molecule has 1 atom stereocenters.